The Morgan fingerprint density at radius 2 is 2.07 bits per heavy atom. The van der Waals surface area contributed by atoms with E-state index in [1.807, 2.05) is 0 Å². The van der Waals surface area contributed by atoms with Gasteiger partial charge < -0.3 is 4.90 Å². The van der Waals surface area contributed by atoms with E-state index in [0.29, 0.717) is 0 Å². The van der Waals surface area contributed by atoms with Crippen molar-refractivity contribution in [3.8, 4) is 6.07 Å². The van der Waals surface area contributed by atoms with Crippen LogP contribution in [0, 0.1) is 23.1 Å². The molecule has 1 aromatic rings. The van der Waals surface area contributed by atoms with Crippen LogP contribution in [0.5, 0.6) is 0 Å². The molecule has 1 aromatic carbocycles. The van der Waals surface area contributed by atoms with Gasteiger partial charge in [0.25, 0.3) is 0 Å². The summed E-state index contributed by atoms with van der Waals surface area (Å²) < 4.78 is 12.7. The molecule has 0 aliphatic carbocycles. The minimum Gasteiger partial charge on any atom is -0.370 e. The molecular formula is C12H13FN2. The van der Waals surface area contributed by atoms with Gasteiger partial charge in [0, 0.05) is 18.8 Å². The highest BCUT2D eigenvalue weighted by atomic mass is 19.1. The van der Waals surface area contributed by atoms with Gasteiger partial charge in [-0.1, -0.05) is 0 Å². The van der Waals surface area contributed by atoms with Crippen molar-refractivity contribution in [3.63, 3.8) is 0 Å². The number of anilines is 1. The lowest BCUT2D eigenvalue weighted by Gasteiger charge is -2.31. The third-order valence-electron chi connectivity index (χ3n) is 2.80. The van der Waals surface area contributed by atoms with Crippen molar-refractivity contribution in [2.24, 2.45) is 5.92 Å². The van der Waals surface area contributed by atoms with Gasteiger partial charge in [0.2, 0.25) is 0 Å². The second-order valence-corrected chi connectivity index (χ2v) is 3.89. The first kappa shape index (κ1) is 9.97. The molecular weight excluding hydrogens is 191 g/mol. The molecule has 0 spiro atoms. The molecule has 15 heavy (non-hydrogen) atoms. The molecule has 3 heteroatoms. The lowest BCUT2D eigenvalue weighted by atomic mass is 9.99. The molecule has 2 rings (SSSR count). The van der Waals surface area contributed by atoms with Gasteiger partial charge >= 0.3 is 0 Å². The van der Waals surface area contributed by atoms with Gasteiger partial charge in [-0.3, -0.25) is 0 Å². The van der Waals surface area contributed by atoms with Crippen LogP contribution in [-0.4, -0.2) is 13.1 Å². The van der Waals surface area contributed by atoms with Crippen LogP contribution < -0.4 is 4.90 Å². The highest BCUT2D eigenvalue weighted by molar-refractivity contribution is 5.46. The fourth-order valence-electron chi connectivity index (χ4n) is 1.97. The van der Waals surface area contributed by atoms with E-state index < -0.39 is 0 Å². The van der Waals surface area contributed by atoms with Crippen molar-refractivity contribution >= 4 is 5.69 Å². The van der Waals surface area contributed by atoms with E-state index in [1.54, 1.807) is 12.1 Å². The van der Waals surface area contributed by atoms with Crippen molar-refractivity contribution in [2.45, 2.75) is 12.8 Å². The van der Waals surface area contributed by atoms with Crippen LogP contribution in [0.1, 0.15) is 12.8 Å². The number of nitriles is 1. The van der Waals surface area contributed by atoms with Crippen LogP contribution in [0.15, 0.2) is 24.3 Å². The van der Waals surface area contributed by atoms with Crippen LogP contribution in [-0.2, 0) is 0 Å². The smallest absolute Gasteiger partial charge is 0.123 e. The Morgan fingerprint density at radius 1 is 1.33 bits per heavy atom. The highest BCUT2D eigenvalue weighted by Crippen LogP contribution is 2.22. The zero-order valence-corrected chi connectivity index (χ0v) is 8.49. The molecule has 1 aliphatic rings. The number of nitrogens with zero attached hydrogens (tertiary/aromatic N) is 2. The van der Waals surface area contributed by atoms with Crippen LogP contribution in [0.3, 0.4) is 0 Å². The quantitative estimate of drug-likeness (QED) is 0.703. The lowest BCUT2D eigenvalue weighted by molar-refractivity contribution is 0.493. The Balaban J connectivity index is 2.10. The number of piperidine rings is 1. The Labute approximate surface area is 88.9 Å². The average Bonchev–Trinajstić information content (AvgIpc) is 2.30. The maximum absolute atomic E-state index is 12.7. The summed E-state index contributed by atoms with van der Waals surface area (Å²) in [5.41, 5.74) is 1.01. The van der Waals surface area contributed by atoms with Crippen LogP contribution in [0.25, 0.3) is 0 Å². The second-order valence-electron chi connectivity index (χ2n) is 3.89. The molecule has 0 saturated carbocycles. The Hall–Kier alpha value is -1.56. The summed E-state index contributed by atoms with van der Waals surface area (Å²) in [6.07, 6.45) is 2.02. The Bertz CT molecular complexity index is 366. The minimum absolute atomic E-state index is 0.115. The molecule has 1 heterocycles. The van der Waals surface area contributed by atoms with Gasteiger partial charge in [-0.2, -0.15) is 5.26 Å². The lowest BCUT2D eigenvalue weighted by Crippen LogP contribution is -2.34. The zero-order chi connectivity index (χ0) is 10.7. The highest BCUT2D eigenvalue weighted by Gasteiger charge is 2.19. The van der Waals surface area contributed by atoms with Gasteiger partial charge in [-0.25, -0.2) is 4.39 Å². The molecule has 0 aromatic heterocycles. The number of benzene rings is 1. The summed E-state index contributed by atoms with van der Waals surface area (Å²) in [6.45, 7) is 1.73. The first-order valence-electron chi connectivity index (χ1n) is 5.20. The molecule has 0 amide bonds. The predicted molar refractivity (Wildman–Crippen MR) is 57.0 cm³/mol. The summed E-state index contributed by atoms with van der Waals surface area (Å²) >= 11 is 0. The summed E-state index contributed by atoms with van der Waals surface area (Å²) in [7, 11) is 0. The molecule has 0 N–H and O–H groups in total. The van der Waals surface area contributed by atoms with Crippen LogP contribution in [0.4, 0.5) is 10.1 Å². The fourth-order valence-corrected chi connectivity index (χ4v) is 1.97. The summed E-state index contributed by atoms with van der Waals surface area (Å²) in [5.74, 6) is -0.101. The van der Waals surface area contributed by atoms with E-state index in [-0.39, 0.29) is 11.7 Å². The van der Waals surface area contributed by atoms with E-state index in [1.165, 1.54) is 12.1 Å². The standard InChI is InChI=1S/C12H13FN2/c13-11-3-5-12(6-4-11)15-7-1-2-10(8-14)9-15/h3-6,10H,1-2,7,9H2. The molecule has 1 saturated heterocycles. The molecule has 1 unspecified atom stereocenters. The second kappa shape index (κ2) is 4.31. The average molecular weight is 204 g/mol. The monoisotopic (exact) mass is 204 g/mol. The normalized spacial score (nSPS) is 21.1. The van der Waals surface area contributed by atoms with Crippen molar-refractivity contribution in [1.82, 2.24) is 0 Å². The molecule has 0 bridgehead atoms. The van der Waals surface area contributed by atoms with Gasteiger partial charge in [0.15, 0.2) is 0 Å². The van der Waals surface area contributed by atoms with Crippen molar-refractivity contribution in [3.05, 3.63) is 30.1 Å². The maximum Gasteiger partial charge on any atom is 0.123 e. The first-order chi connectivity index (χ1) is 7.29. The van der Waals surface area contributed by atoms with Gasteiger partial charge in [0.1, 0.15) is 5.82 Å². The number of halogens is 1. The molecule has 1 atom stereocenters. The SMILES string of the molecule is N#CC1CCCN(c2ccc(F)cc2)C1. The predicted octanol–water partition coefficient (Wildman–Crippen LogP) is 2.57. The number of hydrogen-bond donors (Lipinski definition) is 0. The van der Waals surface area contributed by atoms with Gasteiger partial charge in [-0.15, -0.1) is 0 Å². The van der Waals surface area contributed by atoms with Gasteiger partial charge in [-0.05, 0) is 37.1 Å². The van der Waals surface area contributed by atoms with E-state index in [9.17, 15) is 4.39 Å². The molecule has 1 fully saturated rings. The third kappa shape index (κ3) is 2.27. The largest absolute Gasteiger partial charge is 0.370 e. The zero-order valence-electron chi connectivity index (χ0n) is 8.49. The van der Waals surface area contributed by atoms with Gasteiger partial charge in [0.05, 0.1) is 12.0 Å². The maximum atomic E-state index is 12.7. The number of hydrogen-bond acceptors (Lipinski definition) is 2. The van der Waals surface area contributed by atoms with Crippen molar-refractivity contribution in [1.29, 1.82) is 5.26 Å². The third-order valence-corrected chi connectivity index (χ3v) is 2.80. The topological polar surface area (TPSA) is 27.0 Å². The summed E-state index contributed by atoms with van der Waals surface area (Å²) in [4.78, 5) is 2.15. The van der Waals surface area contributed by atoms with E-state index >= 15 is 0 Å². The fraction of sp³-hybridized carbons (Fsp3) is 0.417. The van der Waals surface area contributed by atoms with E-state index in [0.717, 1.165) is 31.6 Å². The molecule has 78 valence electrons. The Morgan fingerprint density at radius 3 is 2.73 bits per heavy atom. The molecule has 0 radical (unpaired) electrons. The molecule has 1 aliphatic heterocycles. The Kier molecular flexibility index (Phi) is 2.86. The van der Waals surface area contributed by atoms with Crippen molar-refractivity contribution in [2.75, 3.05) is 18.0 Å². The molecule has 2 nitrogen and oxygen atoms in total. The van der Waals surface area contributed by atoms with E-state index in [4.69, 9.17) is 5.26 Å². The van der Waals surface area contributed by atoms with Crippen LogP contribution >= 0.6 is 0 Å². The number of rotatable bonds is 1. The van der Waals surface area contributed by atoms with Crippen LogP contribution in [0.2, 0.25) is 0 Å². The van der Waals surface area contributed by atoms with E-state index in [2.05, 4.69) is 11.0 Å². The minimum atomic E-state index is -0.215. The summed E-state index contributed by atoms with van der Waals surface area (Å²) in [6, 6.07) is 8.77. The summed E-state index contributed by atoms with van der Waals surface area (Å²) in [5, 5.41) is 8.86. The first-order valence-corrected chi connectivity index (χ1v) is 5.20. The van der Waals surface area contributed by atoms with Crippen molar-refractivity contribution < 1.29 is 4.39 Å².